The highest BCUT2D eigenvalue weighted by molar-refractivity contribution is 5.84. The number of pyridine rings is 1. The Labute approximate surface area is 165 Å². The third-order valence-corrected chi connectivity index (χ3v) is 5.37. The van der Waals surface area contributed by atoms with Crippen LogP contribution in [0.5, 0.6) is 0 Å². The van der Waals surface area contributed by atoms with E-state index in [1.54, 1.807) is 0 Å². The molecule has 6 heteroatoms. The second kappa shape index (κ2) is 7.94. The molecule has 0 bridgehead atoms. The molecule has 1 aliphatic heterocycles. The van der Waals surface area contributed by atoms with Crippen LogP contribution >= 0.6 is 0 Å². The molecule has 0 unspecified atom stereocenters. The first-order chi connectivity index (χ1) is 13.6. The van der Waals surface area contributed by atoms with Crippen molar-refractivity contribution in [3.63, 3.8) is 0 Å². The van der Waals surface area contributed by atoms with E-state index < -0.39 is 0 Å². The van der Waals surface area contributed by atoms with Crippen LogP contribution in [0.25, 0.3) is 5.69 Å². The molecule has 1 amide bonds. The summed E-state index contributed by atoms with van der Waals surface area (Å²) in [6, 6.07) is 13.8. The Morgan fingerprint density at radius 3 is 2.61 bits per heavy atom. The zero-order valence-corrected chi connectivity index (χ0v) is 16.3. The molecule has 1 fully saturated rings. The van der Waals surface area contributed by atoms with Crippen molar-refractivity contribution >= 4 is 5.91 Å². The summed E-state index contributed by atoms with van der Waals surface area (Å²) >= 11 is 0. The van der Waals surface area contributed by atoms with Crippen molar-refractivity contribution in [3.8, 4) is 5.69 Å². The molecule has 1 aromatic carbocycles. The van der Waals surface area contributed by atoms with Gasteiger partial charge in [0.25, 0.3) is 0 Å². The standard InChI is InChI=1S/C22H25N5O/c1-16-20(17(2)27(25-16)19-6-4-3-5-7-19)21-22(28)24-13-15-26(21)14-10-18-8-11-23-12-9-18/h3-9,11-12,21H,10,13-15H2,1-2H3,(H,24,28)/t21-/m1/s1. The molecule has 0 spiro atoms. The topological polar surface area (TPSA) is 63.1 Å². The Bertz CT molecular complexity index is 952. The molecular formula is C22H25N5O. The molecule has 3 heterocycles. The maximum absolute atomic E-state index is 12.9. The van der Waals surface area contributed by atoms with Gasteiger partial charge in [-0.2, -0.15) is 5.10 Å². The lowest BCUT2D eigenvalue weighted by Gasteiger charge is -2.35. The van der Waals surface area contributed by atoms with Gasteiger partial charge in [-0.1, -0.05) is 18.2 Å². The third-order valence-electron chi connectivity index (χ3n) is 5.37. The maximum atomic E-state index is 12.9. The molecule has 6 nitrogen and oxygen atoms in total. The van der Waals surface area contributed by atoms with Gasteiger partial charge < -0.3 is 5.32 Å². The van der Waals surface area contributed by atoms with Gasteiger partial charge in [-0.05, 0) is 50.1 Å². The second-order valence-corrected chi connectivity index (χ2v) is 7.17. The summed E-state index contributed by atoms with van der Waals surface area (Å²) in [7, 11) is 0. The highest BCUT2D eigenvalue weighted by Gasteiger charge is 2.35. The van der Waals surface area contributed by atoms with Crippen molar-refractivity contribution in [3.05, 3.63) is 77.4 Å². The summed E-state index contributed by atoms with van der Waals surface area (Å²) < 4.78 is 1.94. The molecule has 1 atom stereocenters. The molecular weight excluding hydrogens is 350 g/mol. The zero-order valence-electron chi connectivity index (χ0n) is 16.3. The Balaban J connectivity index is 1.65. The van der Waals surface area contributed by atoms with Gasteiger partial charge in [0.2, 0.25) is 5.91 Å². The molecule has 1 saturated heterocycles. The number of nitrogens with one attached hydrogen (secondary N) is 1. The number of aryl methyl sites for hydroxylation is 1. The number of hydrogen-bond acceptors (Lipinski definition) is 4. The largest absolute Gasteiger partial charge is 0.353 e. The zero-order chi connectivity index (χ0) is 19.5. The first-order valence-electron chi connectivity index (χ1n) is 9.67. The number of amides is 1. The molecule has 2 aromatic heterocycles. The van der Waals surface area contributed by atoms with E-state index >= 15 is 0 Å². The fourth-order valence-electron chi connectivity index (χ4n) is 3.96. The number of hydrogen-bond donors (Lipinski definition) is 1. The van der Waals surface area contributed by atoms with Crippen LogP contribution in [0.3, 0.4) is 0 Å². The summed E-state index contributed by atoms with van der Waals surface area (Å²) in [6.07, 6.45) is 4.51. The van der Waals surface area contributed by atoms with Gasteiger partial charge in [-0.15, -0.1) is 0 Å². The first kappa shape index (κ1) is 18.4. The van der Waals surface area contributed by atoms with Gasteiger partial charge >= 0.3 is 0 Å². The molecule has 28 heavy (non-hydrogen) atoms. The Kier molecular flexibility index (Phi) is 5.21. The number of carbonyl (C=O) groups excluding carboxylic acids is 1. The summed E-state index contributed by atoms with van der Waals surface area (Å²) in [4.78, 5) is 19.2. The van der Waals surface area contributed by atoms with Crippen molar-refractivity contribution in [2.24, 2.45) is 0 Å². The highest BCUT2D eigenvalue weighted by Crippen LogP contribution is 2.30. The number of piperazine rings is 1. The summed E-state index contributed by atoms with van der Waals surface area (Å²) in [6.45, 7) is 6.36. The van der Waals surface area contributed by atoms with E-state index in [1.807, 2.05) is 73.4 Å². The predicted molar refractivity (Wildman–Crippen MR) is 108 cm³/mol. The van der Waals surface area contributed by atoms with Crippen molar-refractivity contribution in [2.45, 2.75) is 26.3 Å². The third kappa shape index (κ3) is 3.55. The fourth-order valence-corrected chi connectivity index (χ4v) is 3.96. The lowest BCUT2D eigenvalue weighted by Crippen LogP contribution is -2.50. The number of nitrogens with zero attached hydrogens (tertiary/aromatic N) is 4. The van der Waals surface area contributed by atoms with E-state index in [4.69, 9.17) is 5.10 Å². The highest BCUT2D eigenvalue weighted by atomic mass is 16.2. The number of aromatic nitrogens is 3. The lowest BCUT2D eigenvalue weighted by molar-refractivity contribution is -0.129. The SMILES string of the molecule is Cc1nn(-c2ccccc2)c(C)c1[C@@H]1C(=O)NCCN1CCc1ccncc1. The van der Waals surface area contributed by atoms with Crippen LogP contribution in [0.2, 0.25) is 0 Å². The van der Waals surface area contributed by atoms with Gasteiger partial charge in [0.05, 0.1) is 11.4 Å². The van der Waals surface area contributed by atoms with Crippen LogP contribution < -0.4 is 5.32 Å². The minimum absolute atomic E-state index is 0.0554. The second-order valence-electron chi connectivity index (χ2n) is 7.17. The monoisotopic (exact) mass is 375 g/mol. The molecule has 1 aliphatic rings. The maximum Gasteiger partial charge on any atom is 0.242 e. The van der Waals surface area contributed by atoms with E-state index in [0.717, 1.165) is 42.1 Å². The van der Waals surface area contributed by atoms with Crippen LogP contribution in [-0.2, 0) is 11.2 Å². The number of carbonyl (C=O) groups is 1. The van der Waals surface area contributed by atoms with E-state index in [1.165, 1.54) is 5.56 Å². The lowest BCUT2D eigenvalue weighted by atomic mass is 9.99. The molecule has 1 N–H and O–H groups in total. The van der Waals surface area contributed by atoms with Gasteiger partial charge in [0.15, 0.2) is 0 Å². The van der Waals surface area contributed by atoms with Gasteiger partial charge in [0, 0.05) is 43.3 Å². The van der Waals surface area contributed by atoms with Crippen molar-refractivity contribution < 1.29 is 4.79 Å². The van der Waals surface area contributed by atoms with Crippen LogP contribution in [-0.4, -0.2) is 45.2 Å². The van der Waals surface area contributed by atoms with Gasteiger partial charge in [0.1, 0.15) is 6.04 Å². The number of para-hydroxylation sites is 1. The van der Waals surface area contributed by atoms with E-state index in [0.29, 0.717) is 6.54 Å². The number of rotatable bonds is 5. The quantitative estimate of drug-likeness (QED) is 0.745. The number of benzene rings is 1. The molecule has 0 aliphatic carbocycles. The first-order valence-corrected chi connectivity index (χ1v) is 9.67. The van der Waals surface area contributed by atoms with E-state index in [9.17, 15) is 4.79 Å². The molecule has 3 aromatic rings. The van der Waals surface area contributed by atoms with Gasteiger partial charge in [-0.3, -0.25) is 14.7 Å². The van der Waals surface area contributed by atoms with Crippen LogP contribution in [0.15, 0.2) is 54.9 Å². The Morgan fingerprint density at radius 1 is 1.11 bits per heavy atom. The van der Waals surface area contributed by atoms with Crippen LogP contribution in [0.4, 0.5) is 0 Å². The van der Waals surface area contributed by atoms with Gasteiger partial charge in [-0.25, -0.2) is 4.68 Å². The van der Waals surface area contributed by atoms with Crippen LogP contribution in [0.1, 0.15) is 28.6 Å². The predicted octanol–water partition coefficient (Wildman–Crippen LogP) is 2.60. The van der Waals surface area contributed by atoms with Crippen molar-refractivity contribution in [1.82, 2.24) is 25.0 Å². The molecule has 144 valence electrons. The van der Waals surface area contributed by atoms with E-state index in [2.05, 4.69) is 15.2 Å². The summed E-state index contributed by atoms with van der Waals surface area (Å²) in [5, 5.41) is 7.78. The summed E-state index contributed by atoms with van der Waals surface area (Å²) in [5.74, 6) is 0.0554. The molecule has 0 radical (unpaired) electrons. The Hall–Kier alpha value is -2.99. The van der Waals surface area contributed by atoms with E-state index in [-0.39, 0.29) is 11.9 Å². The average molecular weight is 375 g/mol. The Morgan fingerprint density at radius 2 is 1.86 bits per heavy atom. The minimum atomic E-state index is -0.312. The fraction of sp³-hybridized carbons (Fsp3) is 0.318. The molecule has 4 rings (SSSR count). The van der Waals surface area contributed by atoms with Crippen molar-refractivity contribution in [2.75, 3.05) is 19.6 Å². The normalized spacial score (nSPS) is 17.5. The van der Waals surface area contributed by atoms with Crippen molar-refractivity contribution in [1.29, 1.82) is 0 Å². The minimum Gasteiger partial charge on any atom is -0.353 e. The molecule has 0 saturated carbocycles. The average Bonchev–Trinajstić information content (AvgIpc) is 3.02. The smallest absolute Gasteiger partial charge is 0.242 e. The van der Waals surface area contributed by atoms with Crippen LogP contribution in [0, 0.1) is 13.8 Å². The summed E-state index contributed by atoms with van der Waals surface area (Å²) in [5.41, 5.74) is 5.16.